The molecule has 0 spiro atoms. The molecule has 0 fully saturated rings. The van der Waals surface area contributed by atoms with Crippen LogP contribution in [-0.4, -0.2) is 45.4 Å². The zero-order valence-corrected chi connectivity index (χ0v) is 10.6. The summed E-state index contributed by atoms with van der Waals surface area (Å²) in [4.78, 5) is 11.3. The van der Waals surface area contributed by atoms with E-state index >= 15 is 0 Å². The summed E-state index contributed by atoms with van der Waals surface area (Å²) in [5.41, 5.74) is -1.23. The Balaban J connectivity index is 3.77. The van der Waals surface area contributed by atoms with Crippen molar-refractivity contribution >= 4 is 17.7 Å². The zero-order valence-electron chi connectivity index (χ0n) is 9.83. The van der Waals surface area contributed by atoms with Gasteiger partial charge in [-0.1, -0.05) is 20.8 Å². The Morgan fingerprint density at radius 3 is 2.27 bits per heavy atom. The molecule has 5 heteroatoms. The molecular formula is C10H21NO3S. The normalized spacial score (nSPS) is 15.9. The van der Waals surface area contributed by atoms with Crippen LogP contribution in [0.15, 0.2) is 0 Å². The van der Waals surface area contributed by atoms with E-state index in [-0.39, 0.29) is 23.8 Å². The third-order valence-corrected chi connectivity index (χ3v) is 2.92. The van der Waals surface area contributed by atoms with E-state index in [4.69, 9.17) is 5.11 Å². The van der Waals surface area contributed by atoms with Crippen LogP contribution < -0.4 is 5.32 Å². The van der Waals surface area contributed by atoms with E-state index < -0.39 is 5.60 Å². The highest BCUT2D eigenvalue weighted by Gasteiger charge is 2.20. The SMILES string of the molecule is CC(O)(CO)CNC(=O)CSC(C)(C)C. The van der Waals surface area contributed by atoms with Gasteiger partial charge in [0.25, 0.3) is 0 Å². The van der Waals surface area contributed by atoms with Crippen LogP contribution in [-0.2, 0) is 4.79 Å². The molecule has 0 saturated carbocycles. The summed E-state index contributed by atoms with van der Waals surface area (Å²) < 4.78 is 0.0524. The molecule has 4 nitrogen and oxygen atoms in total. The number of hydrogen-bond donors (Lipinski definition) is 3. The van der Waals surface area contributed by atoms with Gasteiger partial charge in [0.2, 0.25) is 5.91 Å². The van der Waals surface area contributed by atoms with E-state index in [1.54, 1.807) is 11.8 Å². The van der Waals surface area contributed by atoms with Gasteiger partial charge in [0.15, 0.2) is 0 Å². The standard InChI is InChI=1S/C10H21NO3S/c1-9(2,3)15-5-8(13)11-6-10(4,14)7-12/h12,14H,5-7H2,1-4H3,(H,11,13). The van der Waals surface area contributed by atoms with Crippen LogP contribution in [0.2, 0.25) is 0 Å². The molecule has 0 heterocycles. The van der Waals surface area contributed by atoms with Crippen LogP contribution in [0.3, 0.4) is 0 Å². The average molecular weight is 235 g/mol. The Morgan fingerprint density at radius 1 is 1.33 bits per heavy atom. The minimum atomic E-state index is -1.23. The maximum atomic E-state index is 11.3. The van der Waals surface area contributed by atoms with Crippen molar-refractivity contribution in [2.45, 2.75) is 38.0 Å². The molecule has 15 heavy (non-hydrogen) atoms. The lowest BCUT2D eigenvalue weighted by Gasteiger charge is -2.21. The molecule has 0 radical (unpaired) electrons. The van der Waals surface area contributed by atoms with Crippen molar-refractivity contribution in [1.82, 2.24) is 5.32 Å². The van der Waals surface area contributed by atoms with Crippen molar-refractivity contribution in [2.24, 2.45) is 0 Å². The first-order chi connectivity index (χ1) is 6.66. The van der Waals surface area contributed by atoms with Gasteiger partial charge in [0.05, 0.1) is 12.4 Å². The number of aliphatic hydroxyl groups is 2. The van der Waals surface area contributed by atoms with Gasteiger partial charge in [-0.25, -0.2) is 0 Å². The van der Waals surface area contributed by atoms with Gasteiger partial charge < -0.3 is 15.5 Å². The summed E-state index contributed by atoms with van der Waals surface area (Å²) in [5.74, 6) is 0.244. The molecule has 0 bridgehead atoms. The highest BCUT2D eigenvalue weighted by atomic mass is 32.2. The van der Waals surface area contributed by atoms with Crippen molar-refractivity contribution in [3.05, 3.63) is 0 Å². The molecule has 0 aliphatic carbocycles. The number of carbonyl (C=O) groups is 1. The molecule has 90 valence electrons. The Hall–Kier alpha value is -0.260. The zero-order chi connectivity index (χ0) is 12.1. The fourth-order valence-electron chi connectivity index (χ4n) is 0.678. The number of hydrogen-bond acceptors (Lipinski definition) is 4. The Bertz CT molecular complexity index is 211. The van der Waals surface area contributed by atoms with Gasteiger partial charge in [0, 0.05) is 11.3 Å². The number of nitrogens with one attached hydrogen (secondary N) is 1. The minimum absolute atomic E-state index is 0.0524. The van der Waals surface area contributed by atoms with Crippen LogP contribution >= 0.6 is 11.8 Å². The summed E-state index contributed by atoms with van der Waals surface area (Å²) in [5, 5.41) is 20.8. The number of rotatable bonds is 5. The maximum Gasteiger partial charge on any atom is 0.230 e. The van der Waals surface area contributed by atoms with Crippen LogP contribution in [0.25, 0.3) is 0 Å². The molecule has 0 aromatic heterocycles. The van der Waals surface area contributed by atoms with Gasteiger partial charge in [-0.05, 0) is 6.92 Å². The van der Waals surface area contributed by atoms with Crippen LogP contribution in [0, 0.1) is 0 Å². The van der Waals surface area contributed by atoms with Crippen molar-refractivity contribution in [3.63, 3.8) is 0 Å². The molecule has 0 aromatic rings. The topological polar surface area (TPSA) is 69.6 Å². The first kappa shape index (κ1) is 14.7. The van der Waals surface area contributed by atoms with E-state index in [2.05, 4.69) is 5.32 Å². The first-order valence-corrected chi connectivity index (χ1v) is 5.89. The van der Waals surface area contributed by atoms with E-state index in [1.807, 2.05) is 20.8 Å². The molecule has 0 aliphatic rings. The minimum Gasteiger partial charge on any atom is -0.393 e. The molecule has 1 amide bonds. The highest BCUT2D eigenvalue weighted by molar-refractivity contribution is 8.01. The van der Waals surface area contributed by atoms with E-state index in [9.17, 15) is 9.90 Å². The van der Waals surface area contributed by atoms with Crippen molar-refractivity contribution in [2.75, 3.05) is 18.9 Å². The Labute approximate surface area is 95.4 Å². The second-order valence-electron chi connectivity index (χ2n) is 4.83. The van der Waals surface area contributed by atoms with Gasteiger partial charge in [-0.15, -0.1) is 11.8 Å². The summed E-state index contributed by atoms with van der Waals surface area (Å²) in [6, 6.07) is 0. The van der Waals surface area contributed by atoms with E-state index in [0.29, 0.717) is 5.75 Å². The van der Waals surface area contributed by atoms with Crippen molar-refractivity contribution < 1.29 is 15.0 Å². The fourth-order valence-corrected chi connectivity index (χ4v) is 1.34. The van der Waals surface area contributed by atoms with Crippen molar-refractivity contribution in [3.8, 4) is 0 Å². The van der Waals surface area contributed by atoms with Crippen LogP contribution in [0.5, 0.6) is 0 Å². The summed E-state index contributed by atoms with van der Waals surface area (Å²) in [6.07, 6.45) is 0. The molecule has 0 aliphatic heterocycles. The number of carbonyl (C=O) groups excluding carboxylic acids is 1. The number of aliphatic hydroxyl groups excluding tert-OH is 1. The predicted molar refractivity (Wildman–Crippen MR) is 62.9 cm³/mol. The first-order valence-electron chi connectivity index (χ1n) is 4.90. The second kappa shape index (κ2) is 5.72. The van der Waals surface area contributed by atoms with E-state index in [0.717, 1.165) is 0 Å². The highest BCUT2D eigenvalue weighted by Crippen LogP contribution is 2.22. The van der Waals surface area contributed by atoms with Gasteiger partial charge >= 0.3 is 0 Å². The lowest BCUT2D eigenvalue weighted by molar-refractivity contribution is -0.120. The number of thioether (sulfide) groups is 1. The van der Waals surface area contributed by atoms with Crippen LogP contribution in [0.4, 0.5) is 0 Å². The van der Waals surface area contributed by atoms with E-state index in [1.165, 1.54) is 6.92 Å². The summed E-state index contributed by atoms with van der Waals surface area (Å²) >= 11 is 1.54. The third-order valence-electron chi connectivity index (χ3n) is 1.64. The molecule has 1 atom stereocenters. The summed E-state index contributed by atoms with van der Waals surface area (Å²) in [7, 11) is 0. The molecule has 0 saturated heterocycles. The predicted octanol–water partition coefficient (Wildman–Crippen LogP) is 0.378. The monoisotopic (exact) mass is 235 g/mol. The van der Waals surface area contributed by atoms with Crippen LogP contribution in [0.1, 0.15) is 27.7 Å². The fraction of sp³-hybridized carbons (Fsp3) is 0.900. The summed E-state index contributed by atoms with van der Waals surface area (Å²) in [6.45, 7) is 7.30. The molecule has 1 unspecified atom stereocenters. The molecule has 0 aromatic carbocycles. The number of amides is 1. The smallest absolute Gasteiger partial charge is 0.230 e. The largest absolute Gasteiger partial charge is 0.393 e. The molecule has 3 N–H and O–H groups in total. The van der Waals surface area contributed by atoms with Crippen molar-refractivity contribution in [1.29, 1.82) is 0 Å². The van der Waals surface area contributed by atoms with Gasteiger partial charge in [-0.3, -0.25) is 4.79 Å². The Morgan fingerprint density at radius 2 is 1.87 bits per heavy atom. The lowest BCUT2D eigenvalue weighted by atomic mass is 10.1. The quantitative estimate of drug-likeness (QED) is 0.644. The van der Waals surface area contributed by atoms with Gasteiger partial charge in [0.1, 0.15) is 5.60 Å². The lowest BCUT2D eigenvalue weighted by Crippen LogP contribution is -2.44. The average Bonchev–Trinajstić information content (AvgIpc) is 2.10. The second-order valence-corrected chi connectivity index (χ2v) is 6.63. The molecule has 0 rings (SSSR count). The Kier molecular flexibility index (Phi) is 5.62. The van der Waals surface area contributed by atoms with Gasteiger partial charge in [-0.2, -0.15) is 0 Å². The maximum absolute atomic E-state index is 11.3. The molecular weight excluding hydrogens is 214 g/mol. The third kappa shape index (κ3) is 8.72.